The van der Waals surface area contributed by atoms with Crippen molar-refractivity contribution in [2.45, 2.75) is 19.8 Å². The quantitative estimate of drug-likeness (QED) is 0.947. The molecule has 2 aromatic rings. The molecule has 0 saturated carbocycles. The van der Waals surface area contributed by atoms with Crippen LogP contribution in [-0.2, 0) is 0 Å². The molecule has 2 heterocycles. The largest absolute Gasteiger partial charge is 0.337 e. The van der Waals surface area contributed by atoms with Gasteiger partial charge in [0.25, 0.3) is 5.91 Å². The number of nitrogens with one attached hydrogen (secondary N) is 1. The van der Waals surface area contributed by atoms with Gasteiger partial charge in [0.05, 0.1) is 5.69 Å². The summed E-state index contributed by atoms with van der Waals surface area (Å²) in [5.74, 6) is -0.257. The van der Waals surface area contributed by atoms with E-state index in [1.165, 1.54) is 6.07 Å². The summed E-state index contributed by atoms with van der Waals surface area (Å²) in [6.07, 6.45) is 2.05. The number of anilines is 2. The second kappa shape index (κ2) is 6.09. The zero-order valence-corrected chi connectivity index (χ0v) is 12.3. The van der Waals surface area contributed by atoms with Crippen molar-refractivity contribution in [2.75, 3.05) is 18.4 Å². The van der Waals surface area contributed by atoms with Crippen molar-refractivity contribution in [3.8, 4) is 0 Å². The smallest absolute Gasteiger partial charge is 0.272 e. The minimum absolute atomic E-state index is 0.0976. The summed E-state index contributed by atoms with van der Waals surface area (Å²) in [5, 5.41) is 2.83. The fraction of sp³-hybridized carbons (Fsp3) is 0.312. The molecule has 114 valence electrons. The maximum absolute atomic E-state index is 13.7. The molecule has 0 atom stereocenters. The zero-order valence-electron chi connectivity index (χ0n) is 12.3. The number of benzene rings is 1. The average Bonchev–Trinajstić information content (AvgIpc) is 3.02. The highest BCUT2D eigenvalue weighted by atomic mass is 19.1. The van der Waals surface area contributed by atoms with Gasteiger partial charge in [-0.2, -0.15) is 0 Å². The number of rotatable bonds is 3. The first-order valence-electron chi connectivity index (χ1n) is 7.30. The molecule has 0 spiro atoms. The van der Waals surface area contributed by atoms with Crippen LogP contribution >= 0.6 is 0 Å². The Morgan fingerprint density at radius 3 is 2.68 bits per heavy atom. The van der Waals surface area contributed by atoms with Gasteiger partial charge in [0.2, 0.25) is 5.95 Å². The average molecular weight is 300 g/mol. The van der Waals surface area contributed by atoms with Crippen LogP contribution in [0.5, 0.6) is 0 Å². The van der Waals surface area contributed by atoms with Crippen molar-refractivity contribution in [1.29, 1.82) is 0 Å². The van der Waals surface area contributed by atoms with Crippen LogP contribution in [0.2, 0.25) is 0 Å². The first-order chi connectivity index (χ1) is 10.6. The van der Waals surface area contributed by atoms with Gasteiger partial charge in [-0.25, -0.2) is 14.4 Å². The molecule has 1 aliphatic heterocycles. The Kier molecular flexibility index (Phi) is 4.00. The van der Waals surface area contributed by atoms with Crippen LogP contribution < -0.4 is 5.32 Å². The third-order valence-electron chi connectivity index (χ3n) is 3.59. The summed E-state index contributed by atoms with van der Waals surface area (Å²) in [5.41, 5.74) is 1.29. The predicted octanol–water partition coefficient (Wildman–Crippen LogP) is 2.90. The maximum atomic E-state index is 13.7. The van der Waals surface area contributed by atoms with Gasteiger partial charge >= 0.3 is 0 Å². The zero-order chi connectivity index (χ0) is 15.5. The van der Waals surface area contributed by atoms with E-state index in [2.05, 4.69) is 15.3 Å². The molecule has 1 aliphatic rings. The van der Waals surface area contributed by atoms with Crippen molar-refractivity contribution < 1.29 is 9.18 Å². The Morgan fingerprint density at radius 1 is 1.23 bits per heavy atom. The fourth-order valence-electron chi connectivity index (χ4n) is 2.50. The highest BCUT2D eigenvalue weighted by Crippen LogP contribution is 2.18. The minimum atomic E-state index is -0.389. The Bertz CT molecular complexity index is 698. The molecule has 0 radical (unpaired) electrons. The van der Waals surface area contributed by atoms with Gasteiger partial charge in [0.1, 0.15) is 11.5 Å². The third kappa shape index (κ3) is 3.05. The molecule has 0 bridgehead atoms. The molecule has 1 amide bonds. The molecule has 1 aromatic carbocycles. The fourth-order valence-corrected chi connectivity index (χ4v) is 2.50. The van der Waals surface area contributed by atoms with Crippen molar-refractivity contribution >= 4 is 17.5 Å². The van der Waals surface area contributed by atoms with Gasteiger partial charge in [-0.3, -0.25) is 4.79 Å². The Morgan fingerprint density at radius 2 is 1.95 bits per heavy atom. The van der Waals surface area contributed by atoms with Gasteiger partial charge in [-0.1, -0.05) is 12.1 Å². The number of carbonyl (C=O) groups excluding carboxylic acids is 1. The van der Waals surface area contributed by atoms with Crippen LogP contribution in [-0.4, -0.2) is 33.9 Å². The molecule has 22 heavy (non-hydrogen) atoms. The Labute approximate surface area is 128 Å². The van der Waals surface area contributed by atoms with Gasteiger partial charge in [0.15, 0.2) is 0 Å². The number of amides is 1. The minimum Gasteiger partial charge on any atom is -0.337 e. The van der Waals surface area contributed by atoms with Crippen molar-refractivity contribution in [3.05, 3.63) is 47.5 Å². The van der Waals surface area contributed by atoms with Gasteiger partial charge < -0.3 is 10.2 Å². The number of aromatic nitrogens is 2. The van der Waals surface area contributed by atoms with Crippen molar-refractivity contribution in [2.24, 2.45) is 0 Å². The number of likely N-dealkylation sites (tertiary alicyclic amines) is 1. The lowest BCUT2D eigenvalue weighted by molar-refractivity contribution is 0.0787. The van der Waals surface area contributed by atoms with E-state index in [1.54, 1.807) is 36.1 Å². The molecular formula is C16H17FN4O. The lowest BCUT2D eigenvalue weighted by atomic mass is 10.3. The Balaban J connectivity index is 1.86. The lowest BCUT2D eigenvalue weighted by Crippen LogP contribution is -2.28. The highest BCUT2D eigenvalue weighted by molar-refractivity contribution is 5.92. The summed E-state index contributed by atoms with van der Waals surface area (Å²) in [7, 11) is 0. The molecule has 0 unspecified atom stereocenters. The highest BCUT2D eigenvalue weighted by Gasteiger charge is 2.21. The lowest BCUT2D eigenvalue weighted by Gasteiger charge is -2.15. The van der Waals surface area contributed by atoms with Crippen molar-refractivity contribution in [3.63, 3.8) is 0 Å². The number of carbonyl (C=O) groups is 1. The van der Waals surface area contributed by atoms with E-state index in [0.717, 1.165) is 25.9 Å². The summed E-state index contributed by atoms with van der Waals surface area (Å²) in [4.78, 5) is 22.6. The van der Waals surface area contributed by atoms with Crippen molar-refractivity contribution in [1.82, 2.24) is 14.9 Å². The summed E-state index contributed by atoms with van der Waals surface area (Å²) in [6.45, 7) is 3.31. The molecule has 6 heteroatoms. The van der Waals surface area contributed by atoms with E-state index in [0.29, 0.717) is 11.4 Å². The van der Waals surface area contributed by atoms with Crippen LogP contribution in [0, 0.1) is 12.7 Å². The predicted molar refractivity (Wildman–Crippen MR) is 81.6 cm³/mol. The summed E-state index contributed by atoms with van der Waals surface area (Å²) >= 11 is 0. The van der Waals surface area contributed by atoms with Crippen LogP contribution in [0.1, 0.15) is 29.0 Å². The number of hydrogen-bond donors (Lipinski definition) is 1. The normalized spacial score (nSPS) is 14.2. The standard InChI is InChI=1S/C16H17FN4O/c1-11-10-14(15(22)21-8-4-5-9-21)20-16(18-11)19-13-7-3-2-6-12(13)17/h2-3,6-7,10H,4-5,8-9H2,1H3,(H,18,19,20). The number of hydrogen-bond acceptors (Lipinski definition) is 4. The molecule has 1 N–H and O–H groups in total. The van der Waals surface area contributed by atoms with Crippen LogP contribution in [0.25, 0.3) is 0 Å². The van der Waals surface area contributed by atoms with Gasteiger partial charge in [-0.15, -0.1) is 0 Å². The molecule has 5 nitrogen and oxygen atoms in total. The van der Waals surface area contributed by atoms with E-state index in [1.807, 2.05) is 0 Å². The van der Waals surface area contributed by atoms with Crippen LogP contribution in [0.3, 0.4) is 0 Å². The summed E-state index contributed by atoms with van der Waals surface area (Å²) < 4.78 is 13.7. The molecule has 1 fully saturated rings. The number of para-hydroxylation sites is 1. The number of aryl methyl sites for hydroxylation is 1. The first-order valence-corrected chi connectivity index (χ1v) is 7.30. The number of nitrogens with zero attached hydrogens (tertiary/aromatic N) is 3. The molecule has 1 saturated heterocycles. The Hall–Kier alpha value is -2.50. The second-order valence-electron chi connectivity index (χ2n) is 5.32. The van der Waals surface area contributed by atoms with E-state index in [-0.39, 0.29) is 23.4 Å². The van der Waals surface area contributed by atoms with Gasteiger partial charge in [0, 0.05) is 18.8 Å². The third-order valence-corrected chi connectivity index (χ3v) is 3.59. The van der Waals surface area contributed by atoms with E-state index < -0.39 is 0 Å². The van der Waals surface area contributed by atoms with Crippen LogP contribution in [0.4, 0.5) is 16.0 Å². The SMILES string of the molecule is Cc1cc(C(=O)N2CCCC2)nc(Nc2ccccc2F)n1. The van der Waals surface area contributed by atoms with Crippen LogP contribution in [0.15, 0.2) is 30.3 Å². The van der Waals surface area contributed by atoms with Gasteiger partial charge in [-0.05, 0) is 38.0 Å². The monoisotopic (exact) mass is 300 g/mol. The molecule has 3 rings (SSSR count). The second-order valence-corrected chi connectivity index (χ2v) is 5.32. The topological polar surface area (TPSA) is 58.1 Å². The number of halogens is 1. The van der Waals surface area contributed by atoms with E-state index in [9.17, 15) is 9.18 Å². The van der Waals surface area contributed by atoms with E-state index in [4.69, 9.17) is 0 Å². The maximum Gasteiger partial charge on any atom is 0.272 e. The van der Waals surface area contributed by atoms with E-state index >= 15 is 0 Å². The first kappa shape index (κ1) is 14.4. The molecule has 1 aromatic heterocycles. The molecule has 0 aliphatic carbocycles. The molecular weight excluding hydrogens is 283 g/mol. The summed E-state index contributed by atoms with van der Waals surface area (Å²) in [6, 6.07) is 7.95.